The molecule has 0 aliphatic carbocycles. The van der Waals surface area contributed by atoms with E-state index in [0.717, 1.165) is 36.1 Å². The number of nitrogens with zero attached hydrogens (tertiary/aromatic N) is 2. The molecule has 1 fully saturated rings. The van der Waals surface area contributed by atoms with Gasteiger partial charge >= 0.3 is 0 Å². The van der Waals surface area contributed by atoms with Gasteiger partial charge in [0.15, 0.2) is 6.61 Å². The zero-order valence-corrected chi connectivity index (χ0v) is 16.3. The van der Waals surface area contributed by atoms with Gasteiger partial charge in [0.25, 0.3) is 11.5 Å². The van der Waals surface area contributed by atoms with Crippen molar-refractivity contribution >= 4 is 16.7 Å². The topological polar surface area (TPSA) is 82.5 Å². The van der Waals surface area contributed by atoms with Gasteiger partial charge in [0.2, 0.25) is 0 Å². The van der Waals surface area contributed by atoms with Crippen molar-refractivity contribution in [1.82, 2.24) is 15.1 Å². The van der Waals surface area contributed by atoms with E-state index in [4.69, 9.17) is 9.47 Å². The van der Waals surface area contributed by atoms with Crippen LogP contribution in [0.5, 0.6) is 5.75 Å². The monoisotopic (exact) mass is 393 g/mol. The van der Waals surface area contributed by atoms with Crippen LogP contribution in [-0.2, 0) is 16.6 Å². The Labute approximate surface area is 168 Å². The first-order valence-electron chi connectivity index (χ1n) is 9.69. The Kier molecular flexibility index (Phi) is 5.57. The Balaban J connectivity index is 1.43. The summed E-state index contributed by atoms with van der Waals surface area (Å²) in [6, 6.07) is 14.8. The molecule has 4 rings (SSSR count). The van der Waals surface area contributed by atoms with Gasteiger partial charge in [0.1, 0.15) is 5.75 Å². The van der Waals surface area contributed by atoms with Crippen molar-refractivity contribution in [3.63, 3.8) is 0 Å². The zero-order valence-electron chi connectivity index (χ0n) is 16.3. The molecule has 1 aliphatic heterocycles. The molecule has 1 atom stereocenters. The number of aryl methyl sites for hydroxylation is 1. The van der Waals surface area contributed by atoms with E-state index in [1.54, 1.807) is 25.2 Å². The summed E-state index contributed by atoms with van der Waals surface area (Å²) in [6.07, 6.45) is 2.14. The van der Waals surface area contributed by atoms with Crippen LogP contribution in [0.4, 0.5) is 0 Å². The van der Waals surface area contributed by atoms with Gasteiger partial charge in [-0.25, -0.2) is 4.68 Å². The maximum atomic E-state index is 12.3. The minimum atomic E-state index is -0.171. The van der Waals surface area contributed by atoms with E-state index in [1.165, 1.54) is 4.68 Å². The predicted octanol–water partition coefficient (Wildman–Crippen LogP) is 2.27. The predicted molar refractivity (Wildman–Crippen MR) is 110 cm³/mol. The van der Waals surface area contributed by atoms with Crippen molar-refractivity contribution < 1.29 is 14.3 Å². The third kappa shape index (κ3) is 4.30. The highest BCUT2D eigenvalue weighted by Gasteiger charge is 2.16. The summed E-state index contributed by atoms with van der Waals surface area (Å²) in [5.74, 6) is 0.422. The fourth-order valence-electron chi connectivity index (χ4n) is 3.45. The number of carbonyl (C=O) groups excluding carboxylic acids is 1. The number of fused-ring (bicyclic) bond motifs is 1. The van der Waals surface area contributed by atoms with Crippen LogP contribution in [0.25, 0.3) is 22.0 Å². The van der Waals surface area contributed by atoms with Crippen LogP contribution < -0.4 is 15.6 Å². The van der Waals surface area contributed by atoms with Crippen LogP contribution in [0.2, 0.25) is 0 Å². The highest BCUT2D eigenvalue weighted by molar-refractivity contribution is 5.93. The smallest absolute Gasteiger partial charge is 0.274 e. The van der Waals surface area contributed by atoms with Crippen LogP contribution in [-0.4, -0.2) is 41.6 Å². The van der Waals surface area contributed by atoms with Crippen LogP contribution in [0, 0.1) is 0 Å². The van der Waals surface area contributed by atoms with Crippen LogP contribution in [0.3, 0.4) is 0 Å². The minimum Gasteiger partial charge on any atom is -0.484 e. The molecule has 150 valence electrons. The summed E-state index contributed by atoms with van der Waals surface area (Å²) in [5, 5.41) is 8.69. The highest BCUT2D eigenvalue weighted by atomic mass is 16.5. The third-order valence-electron chi connectivity index (χ3n) is 5.01. The Hall–Kier alpha value is -3.19. The first-order chi connectivity index (χ1) is 14.1. The van der Waals surface area contributed by atoms with Gasteiger partial charge < -0.3 is 14.8 Å². The molecule has 0 spiro atoms. The van der Waals surface area contributed by atoms with Crippen LogP contribution in [0.15, 0.2) is 53.3 Å². The molecule has 1 aromatic heterocycles. The quantitative estimate of drug-likeness (QED) is 0.695. The average Bonchev–Trinajstić information content (AvgIpc) is 3.27. The lowest BCUT2D eigenvalue weighted by molar-refractivity contribution is -0.123. The van der Waals surface area contributed by atoms with Crippen molar-refractivity contribution in [2.24, 2.45) is 7.05 Å². The second-order valence-electron chi connectivity index (χ2n) is 7.08. The van der Waals surface area contributed by atoms with E-state index in [1.807, 2.05) is 30.3 Å². The summed E-state index contributed by atoms with van der Waals surface area (Å²) in [7, 11) is 1.64. The molecule has 0 saturated carbocycles. The maximum absolute atomic E-state index is 12.3. The van der Waals surface area contributed by atoms with E-state index in [0.29, 0.717) is 17.7 Å². The third-order valence-corrected chi connectivity index (χ3v) is 5.01. The number of rotatable bonds is 6. The summed E-state index contributed by atoms with van der Waals surface area (Å²) in [5.41, 5.74) is 1.47. The number of hydrogen-bond acceptors (Lipinski definition) is 5. The molecular formula is C22H23N3O4. The SMILES string of the molecule is Cn1nc(-c2ccc(OCC(=O)NC[C@@H]3CCCO3)cc2)c2ccccc2c1=O. The van der Waals surface area contributed by atoms with Crippen molar-refractivity contribution in [1.29, 1.82) is 0 Å². The van der Waals surface area contributed by atoms with Crippen LogP contribution >= 0.6 is 0 Å². The Bertz CT molecular complexity index is 1070. The molecule has 1 saturated heterocycles. The second kappa shape index (κ2) is 8.45. The summed E-state index contributed by atoms with van der Waals surface area (Å²) < 4.78 is 12.4. The van der Waals surface area contributed by atoms with E-state index >= 15 is 0 Å². The van der Waals surface area contributed by atoms with Gasteiger partial charge in [-0.05, 0) is 43.2 Å². The van der Waals surface area contributed by atoms with Crippen LogP contribution in [0.1, 0.15) is 12.8 Å². The molecule has 0 bridgehead atoms. The van der Waals surface area contributed by atoms with Crippen molar-refractivity contribution in [2.75, 3.05) is 19.8 Å². The summed E-state index contributed by atoms with van der Waals surface area (Å²) >= 11 is 0. The van der Waals surface area contributed by atoms with E-state index < -0.39 is 0 Å². The molecule has 7 heteroatoms. The van der Waals surface area contributed by atoms with Crippen molar-refractivity contribution in [3.05, 3.63) is 58.9 Å². The van der Waals surface area contributed by atoms with Gasteiger partial charge in [-0.3, -0.25) is 9.59 Å². The van der Waals surface area contributed by atoms with Crippen molar-refractivity contribution in [3.8, 4) is 17.0 Å². The molecular weight excluding hydrogens is 370 g/mol. The Morgan fingerprint density at radius 3 is 2.69 bits per heavy atom. The number of carbonyl (C=O) groups is 1. The first kappa shape index (κ1) is 19.1. The molecule has 1 aliphatic rings. The zero-order chi connectivity index (χ0) is 20.2. The number of amides is 1. The minimum absolute atomic E-state index is 0.0485. The Morgan fingerprint density at radius 2 is 1.97 bits per heavy atom. The summed E-state index contributed by atoms with van der Waals surface area (Å²) in [4.78, 5) is 24.2. The van der Waals surface area contributed by atoms with Gasteiger partial charge in [-0.1, -0.05) is 18.2 Å². The number of aromatic nitrogens is 2. The van der Waals surface area contributed by atoms with Crippen molar-refractivity contribution in [2.45, 2.75) is 18.9 Å². The highest BCUT2D eigenvalue weighted by Crippen LogP contribution is 2.26. The molecule has 3 aromatic rings. The van der Waals surface area contributed by atoms with Gasteiger partial charge in [-0.2, -0.15) is 5.10 Å². The molecule has 0 unspecified atom stereocenters. The van der Waals surface area contributed by atoms with Gasteiger partial charge in [-0.15, -0.1) is 0 Å². The lowest BCUT2D eigenvalue weighted by Crippen LogP contribution is -2.35. The fourth-order valence-corrected chi connectivity index (χ4v) is 3.45. The lowest BCUT2D eigenvalue weighted by atomic mass is 10.1. The normalized spacial score (nSPS) is 16.1. The standard InChI is InChI=1S/C22H23N3O4/c1-25-22(27)19-7-3-2-6-18(19)21(24-25)15-8-10-16(11-9-15)29-14-20(26)23-13-17-5-4-12-28-17/h2-3,6-11,17H,4-5,12-14H2,1H3,(H,23,26)/t17-/m0/s1. The average molecular weight is 393 g/mol. The number of benzene rings is 2. The number of ether oxygens (including phenoxy) is 2. The molecule has 1 N–H and O–H groups in total. The number of hydrogen-bond donors (Lipinski definition) is 1. The Morgan fingerprint density at radius 1 is 1.21 bits per heavy atom. The van der Waals surface area contributed by atoms with Gasteiger partial charge in [0.05, 0.1) is 17.2 Å². The fraction of sp³-hybridized carbons (Fsp3) is 0.318. The van der Waals surface area contributed by atoms with E-state index in [2.05, 4.69) is 10.4 Å². The first-order valence-corrected chi connectivity index (χ1v) is 9.69. The second-order valence-corrected chi connectivity index (χ2v) is 7.08. The largest absolute Gasteiger partial charge is 0.484 e. The number of nitrogens with one attached hydrogen (secondary N) is 1. The maximum Gasteiger partial charge on any atom is 0.274 e. The summed E-state index contributed by atoms with van der Waals surface area (Å²) in [6.45, 7) is 1.24. The van der Waals surface area contributed by atoms with Gasteiger partial charge in [0, 0.05) is 31.1 Å². The van der Waals surface area contributed by atoms with E-state index in [-0.39, 0.29) is 24.2 Å². The van der Waals surface area contributed by atoms with E-state index in [9.17, 15) is 9.59 Å². The molecule has 1 amide bonds. The molecule has 2 heterocycles. The lowest BCUT2D eigenvalue weighted by Gasteiger charge is -2.12. The molecule has 7 nitrogen and oxygen atoms in total. The molecule has 29 heavy (non-hydrogen) atoms. The molecule has 0 radical (unpaired) electrons. The molecule has 2 aromatic carbocycles.